The molecule has 0 aliphatic heterocycles. The second kappa shape index (κ2) is 15.2. The van der Waals surface area contributed by atoms with Crippen molar-refractivity contribution in [1.82, 2.24) is 0 Å². The summed E-state index contributed by atoms with van der Waals surface area (Å²) in [5.74, 6) is 0. The quantitative estimate of drug-likeness (QED) is 0.141. The average Bonchev–Trinajstić information content (AvgIpc) is 2.58. The zero-order valence-electron chi connectivity index (χ0n) is 18.2. The van der Waals surface area contributed by atoms with Crippen molar-refractivity contribution in [1.29, 1.82) is 0 Å². The van der Waals surface area contributed by atoms with Gasteiger partial charge in [0.2, 0.25) is 0 Å². The summed E-state index contributed by atoms with van der Waals surface area (Å²) in [6.07, 6.45) is 12.2. The van der Waals surface area contributed by atoms with Crippen LogP contribution in [0.5, 0.6) is 0 Å². The summed E-state index contributed by atoms with van der Waals surface area (Å²) >= 11 is 0. The Kier molecular flexibility index (Phi) is 14.8. The van der Waals surface area contributed by atoms with Gasteiger partial charge in [0.15, 0.2) is 0 Å². The van der Waals surface area contributed by atoms with E-state index in [1.807, 2.05) is 0 Å². The van der Waals surface area contributed by atoms with Crippen molar-refractivity contribution in [3.8, 4) is 0 Å². The van der Waals surface area contributed by atoms with Gasteiger partial charge in [-0.2, -0.15) is 8.42 Å². The standard InChI is InChI=1S/C21H39O5PS/c1-6-26-17-27(22)21(28(23,24)25)16-8-7-12-19(4)14-10-15-20(5)13-9-11-18(2)3/h11-12,15,21,27H,6-10,13-14,16-17H2,1-5H3,(H,23,24,25). The van der Waals surface area contributed by atoms with Gasteiger partial charge in [0.1, 0.15) is 12.8 Å². The summed E-state index contributed by atoms with van der Waals surface area (Å²) in [6.45, 7) is 10.6. The predicted molar refractivity (Wildman–Crippen MR) is 120 cm³/mol. The third kappa shape index (κ3) is 14.3. The zero-order valence-corrected chi connectivity index (χ0v) is 20.0. The lowest BCUT2D eigenvalue weighted by Crippen LogP contribution is -2.18. The van der Waals surface area contributed by atoms with E-state index in [2.05, 4.69) is 45.9 Å². The molecule has 5 nitrogen and oxygen atoms in total. The first-order chi connectivity index (χ1) is 13.1. The summed E-state index contributed by atoms with van der Waals surface area (Å²) in [6, 6.07) is 0. The van der Waals surface area contributed by atoms with Gasteiger partial charge >= 0.3 is 0 Å². The Morgan fingerprint density at radius 1 is 1.00 bits per heavy atom. The molecule has 0 heterocycles. The topological polar surface area (TPSA) is 80.7 Å². The second-order valence-electron chi connectivity index (χ2n) is 7.50. The number of unbranched alkanes of at least 4 members (excludes halogenated alkanes) is 1. The number of ether oxygens (including phenoxy) is 1. The molecule has 0 fully saturated rings. The number of hydrogen-bond acceptors (Lipinski definition) is 4. The lowest BCUT2D eigenvalue weighted by molar-refractivity contribution is 0.193. The maximum absolute atomic E-state index is 12.1. The van der Waals surface area contributed by atoms with E-state index in [1.54, 1.807) is 6.92 Å². The Labute approximate surface area is 172 Å². The van der Waals surface area contributed by atoms with Crippen molar-refractivity contribution >= 4 is 17.9 Å². The summed E-state index contributed by atoms with van der Waals surface area (Å²) < 4.78 is 49.4. The van der Waals surface area contributed by atoms with Crippen LogP contribution in [0.15, 0.2) is 34.9 Å². The fourth-order valence-corrected chi connectivity index (χ4v) is 5.88. The first kappa shape index (κ1) is 27.3. The van der Waals surface area contributed by atoms with Crippen LogP contribution in [0.25, 0.3) is 0 Å². The molecular formula is C21H39O5PS. The van der Waals surface area contributed by atoms with Crippen molar-refractivity contribution in [2.75, 3.05) is 13.0 Å². The van der Waals surface area contributed by atoms with E-state index < -0.39 is 22.9 Å². The molecule has 0 bridgehead atoms. The van der Waals surface area contributed by atoms with Crippen molar-refractivity contribution < 1.29 is 22.3 Å². The maximum Gasteiger partial charge on any atom is 0.274 e. The first-order valence-electron chi connectivity index (χ1n) is 10.1. The molecule has 2 atom stereocenters. The summed E-state index contributed by atoms with van der Waals surface area (Å²) in [5.41, 5.74) is 4.02. The summed E-state index contributed by atoms with van der Waals surface area (Å²) in [5, 5.41) is 0. The summed E-state index contributed by atoms with van der Waals surface area (Å²) in [4.78, 5) is -1.20. The van der Waals surface area contributed by atoms with Crippen LogP contribution in [0.1, 0.15) is 79.6 Å². The SMILES string of the molecule is CCOC[PH](=O)C(CCCC=C(C)CCC=C(C)CCC=C(C)C)S(=O)(=O)O. The molecule has 0 aromatic heterocycles. The van der Waals surface area contributed by atoms with E-state index in [1.165, 1.54) is 16.7 Å². The Morgan fingerprint density at radius 2 is 1.54 bits per heavy atom. The average molecular weight is 435 g/mol. The van der Waals surface area contributed by atoms with Crippen LogP contribution in [0.4, 0.5) is 0 Å². The molecule has 0 saturated heterocycles. The summed E-state index contributed by atoms with van der Waals surface area (Å²) in [7, 11) is -6.84. The highest BCUT2D eigenvalue weighted by Crippen LogP contribution is 2.35. The molecule has 0 amide bonds. The molecule has 0 radical (unpaired) electrons. The molecule has 7 heteroatoms. The third-order valence-corrected chi connectivity index (χ3v) is 8.59. The third-order valence-electron chi connectivity index (χ3n) is 4.45. The van der Waals surface area contributed by atoms with Crippen LogP contribution in [-0.2, 0) is 19.4 Å². The van der Waals surface area contributed by atoms with E-state index in [0.717, 1.165) is 25.7 Å². The maximum atomic E-state index is 12.1. The normalized spacial score (nSPS) is 15.4. The highest BCUT2D eigenvalue weighted by atomic mass is 32.2. The van der Waals surface area contributed by atoms with Crippen LogP contribution in [-0.4, -0.2) is 30.9 Å². The largest absolute Gasteiger partial charge is 0.374 e. The molecule has 0 aliphatic rings. The van der Waals surface area contributed by atoms with Gasteiger partial charge in [-0.15, -0.1) is 0 Å². The van der Waals surface area contributed by atoms with Crippen LogP contribution in [0.3, 0.4) is 0 Å². The lowest BCUT2D eigenvalue weighted by atomic mass is 10.1. The van der Waals surface area contributed by atoms with Crippen molar-refractivity contribution in [3.63, 3.8) is 0 Å². The van der Waals surface area contributed by atoms with Crippen molar-refractivity contribution in [3.05, 3.63) is 34.9 Å². The highest BCUT2D eigenvalue weighted by Gasteiger charge is 2.28. The molecule has 0 aromatic carbocycles. The van der Waals surface area contributed by atoms with Gasteiger partial charge < -0.3 is 9.30 Å². The number of allylic oxidation sites excluding steroid dienone is 6. The fourth-order valence-electron chi connectivity index (χ4n) is 2.76. The molecule has 1 N–H and O–H groups in total. The van der Waals surface area contributed by atoms with Gasteiger partial charge in [0, 0.05) is 6.61 Å². The van der Waals surface area contributed by atoms with Gasteiger partial charge in [-0.05, 0) is 79.6 Å². The first-order valence-corrected chi connectivity index (χ1v) is 13.3. The van der Waals surface area contributed by atoms with Crippen LogP contribution < -0.4 is 0 Å². The molecule has 0 spiro atoms. The van der Waals surface area contributed by atoms with E-state index >= 15 is 0 Å². The Balaban J connectivity index is 4.34. The molecular weight excluding hydrogens is 395 g/mol. The molecule has 0 aromatic rings. The van der Waals surface area contributed by atoms with Gasteiger partial charge in [-0.25, -0.2) is 0 Å². The van der Waals surface area contributed by atoms with Gasteiger partial charge in [0.05, 0.1) is 6.35 Å². The smallest absolute Gasteiger partial charge is 0.274 e. The van der Waals surface area contributed by atoms with Gasteiger partial charge in [0.25, 0.3) is 10.1 Å². The minimum Gasteiger partial charge on any atom is -0.374 e. The monoisotopic (exact) mass is 434 g/mol. The van der Waals surface area contributed by atoms with Crippen LogP contribution in [0, 0.1) is 0 Å². The lowest BCUT2D eigenvalue weighted by Gasteiger charge is -2.13. The Bertz CT molecular complexity index is 658. The highest BCUT2D eigenvalue weighted by molar-refractivity contribution is 7.92. The van der Waals surface area contributed by atoms with Crippen molar-refractivity contribution in [2.24, 2.45) is 0 Å². The number of hydrogen-bond donors (Lipinski definition) is 1. The van der Waals surface area contributed by atoms with Crippen LogP contribution in [0.2, 0.25) is 0 Å². The predicted octanol–water partition coefficient (Wildman–Crippen LogP) is 6.34. The zero-order chi connectivity index (χ0) is 21.6. The molecule has 28 heavy (non-hydrogen) atoms. The van der Waals surface area contributed by atoms with E-state index in [-0.39, 0.29) is 12.8 Å². The molecule has 0 aliphatic carbocycles. The van der Waals surface area contributed by atoms with E-state index in [0.29, 0.717) is 19.4 Å². The molecule has 2 unspecified atom stereocenters. The molecule has 0 saturated carbocycles. The molecule has 0 rings (SSSR count). The Morgan fingerprint density at radius 3 is 2.04 bits per heavy atom. The van der Waals surface area contributed by atoms with Gasteiger partial charge in [-0.1, -0.05) is 34.9 Å². The Hall–Kier alpha value is -0.680. The van der Waals surface area contributed by atoms with E-state index in [4.69, 9.17) is 4.74 Å². The fraction of sp³-hybridized carbons (Fsp3) is 0.714. The minimum absolute atomic E-state index is 0.0974. The number of rotatable bonds is 15. The minimum atomic E-state index is -4.31. The van der Waals surface area contributed by atoms with Gasteiger partial charge in [-0.3, -0.25) is 4.55 Å². The second-order valence-corrected chi connectivity index (χ2v) is 11.4. The molecule has 164 valence electrons. The van der Waals surface area contributed by atoms with E-state index in [9.17, 15) is 17.5 Å². The van der Waals surface area contributed by atoms with Crippen LogP contribution >= 0.6 is 7.80 Å². The van der Waals surface area contributed by atoms with Crippen molar-refractivity contribution in [2.45, 2.75) is 84.6 Å².